The van der Waals surface area contributed by atoms with Crippen molar-refractivity contribution in [3.63, 3.8) is 0 Å². The Morgan fingerprint density at radius 3 is 2.20 bits per heavy atom. The molecule has 10 nitrogen and oxygen atoms in total. The molecule has 0 fully saturated rings. The first kappa shape index (κ1) is 37.0. The molecule has 3 aromatic carbocycles. The van der Waals surface area contributed by atoms with Gasteiger partial charge >= 0.3 is 12.1 Å². The van der Waals surface area contributed by atoms with E-state index in [0.29, 0.717) is 19.4 Å². The lowest BCUT2D eigenvalue weighted by atomic mass is 9.92. The number of nitrogens with one attached hydrogen (secondary N) is 2. The van der Waals surface area contributed by atoms with Gasteiger partial charge in [-0.1, -0.05) is 84.9 Å². The van der Waals surface area contributed by atoms with Crippen molar-refractivity contribution in [3.05, 3.63) is 120 Å². The van der Waals surface area contributed by atoms with E-state index in [1.165, 1.54) is 0 Å². The lowest BCUT2D eigenvalue weighted by Gasteiger charge is -2.36. The molecule has 0 aromatic heterocycles. The highest BCUT2D eigenvalue weighted by Gasteiger charge is 2.33. The molecule has 3 amide bonds. The molecule has 0 spiro atoms. The second-order valence-corrected chi connectivity index (χ2v) is 13.2. The predicted octanol–water partition coefficient (Wildman–Crippen LogP) is 5.44. The van der Waals surface area contributed by atoms with Crippen molar-refractivity contribution in [1.29, 1.82) is 0 Å². The average Bonchev–Trinajstić information content (AvgIpc) is 3.47. The van der Waals surface area contributed by atoms with E-state index in [-0.39, 0.29) is 62.9 Å². The van der Waals surface area contributed by atoms with E-state index in [2.05, 4.69) is 35.9 Å². The van der Waals surface area contributed by atoms with Gasteiger partial charge in [-0.25, -0.2) is 9.59 Å². The second-order valence-electron chi connectivity index (χ2n) is 13.2. The maximum Gasteiger partial charge on any atom is 0.407 e. The summed E-state index contributed by atoms with van der Waals surface area (Å²) in [4.78, 5) is 54.5. The van der Waals surface area contributed by atoms with E-state index >= 15 is 0 Å². The van der Waals surface area contributed by atoms with Gasteiger partial charge in [-0.3, -0.25) is 9.59 Å². The molecule has 0 unspecified atom stereocenters. The minimum absolute atomic E-state index is 0.0588. The van der Waals surface area contributed by atoms with Crippen LogP contribution < -0.4 is 10.6 Å². The number of aliphatic hydroxyl groups is 1. The van der Waals surface area contributed by atoms with E-state index in [4.69, 9.17) is 9.47 Å². The van der Waals surface area contributed by atoms with Crippen LogP contribution >= 0.6 is 0 Å². The summed E-state index contributed by atoms with van der Waals surface area (Å²) in [5.74, 6) is -2.08. The maximum atomic E-state index is 13.4. The zero-order valence-corrected chi connectivity index (χ0v) is 29.1. The van der Waals surface area contributed by atoms with Crippen LogP contribution in [0.15, 0.2) is 98.1 Å². The summed E-state index contributed by atoms with van der Waals surface area (Å²) < 4.78 is 11.2. The number of esters is 1. The van der Waals surface area contributed by atoms with Gasteiger partial charge in [-0.15, -0.1) is 13.2 Å². The number of alkyl carbamates (subject to hydrolysis) is 1. The molecule has 3 N–H and O–H groups in total. The number of ether oxygens (including phenoxy) is 2. The fourth-order valence-electron chi connectivity index (χ4n) is 6.88. The molecule has 1 aliphatic carbocycles. The van der Waals surface area contributed by atoms with Crippen LogP contribution in [0, 0.1) is 5.92 Å². The van der Waals surface area contributed by atoms with Crippen molar-refractivity contribution in [2.75, 3.05) is 19.8 Å². The third-order valence-corrected chi connectivity index (χ3v) is 9.57. The zero-order chi connectivity index (χ0) is 36.3. The summed E-state index contributed by atoms with van der Waals surface area (Å²) >= 11 is 0. The van der Waals surface area contributed by atoms with Crippen molar-refractivity contribution < 1.29 is 33.8 Å². The maximum absolute atomic E-state index is 13.4. The molecule has 0 saturated carbocycles. The summed E-state index contributed by atoms with van der Waals surface area (Å²) in [6.45, 7) is 9.32. The fourth-order valence-corrected chi connectivity index (χ4v) is 6.88. The van der Waals surface area contributed by atoms with Crippen LogP contribution in [0.25, 0.3) is 11.1 Å². The molecule has 5 rings (SSSR count). The minimum atomic E-state index is -0.984. The van der Waals surface area contributed by atoms with Crippen LogP contribution in [-0.2, 0) is 36.8 Å². The number of hydrogen-bond donors (Lipinski definition) is 3. The van der Waals surface area contributed by atoms with Crippen molar-refractivity contribution in [1.82, 2.24) is 15.5 Å². The molecule has 0 radical (unpaired) electrons. The number of fused-ring (bicyclic) bond motifs is 4. The van der Waals surface area contributed by atoms with Gasteiger partial charge in [0.2, 0.25) is 11.8 Å². The molecule has 0 saturated heterocycles. The van der Waals surface area contributed by atoms with Crippen LogP contribution in [0.2, 0.25) is 0 Å². The Balaban J connectivity index is 1.12. The Hall–Kier alpha value is -5.22. The van der Waals surface area contributed by atoms with Gasteiger partial charge in [0.1, 0.15) is 19.3 Å². The normalized spacial score (nSPS) is 16.4. The van der Waals surface area contributed by atoms with Crippen LogP contribution in [0.1, 0.15) is 60.8 Å². The molecule has 4 atom stereocenters. The number of amides is 3. The van der Waals surface area contributed by atoms with Crippen molar-refractivity contribution in [3.8, 4) is 11.1 Å². The van der Waals surface area contributed by atoms with Gasteiger partial charge in [0.05, 0.1) is 24.6 Å². The van der Waals surface area contributed by atoms with Crippen LogP contribution in [-0.4, -0.2) is 71.8 Å². The number of rotatable bonds is 16. The van der Waals surface area contributed by atoms with Gasteiger partial charge in [0.15, 0.2) is 0 Å². The summed E-state index contributed by atoms with van der Waals surface area (Å²) in [5, 5.41) is 15.5. The van der Waals surface area contributed by atoms with Crippen LogP contribution in [0.5, 0.6) is 0 Å². The van der Waals surface area contributed by atoms with Crippen LogP contribution in [0.3, 0.4) is 0 Å². The lowest BCUT2D eigenvalue weighted by molar-refractivity contribution is -0.147. The number of nitrogens with zero attached hydrogens (tertiary/aromatic N) is 1. The fraction of sp³-hybridized carbons (Fsp3) is 0.366. The highest BCUT2D eigenvalue weighted by molar-refractivity contribution is 5.86. The number of carbonyl (C=O) groups is 4. The molecule has 51 heavy (non-hydrogen) atoms. The van der Waals surface area contributed by atoms with Gasteiger partial charge in [-0.05, 0) is 66.0 Å². The topological polar surface area (TPSA) is 134 Å². The first-order valence-corrected chi connectivity index (χ1v) is 17.5. The third-order valence-electron chi connectivity index (χ3n) is 9.57. The second kappa shape index (κ2) is 17.6. The van der Waals surface area contributed by atoms with E-state index in [1.807, 2.05) is 60.7 Å². The Bertz CT molecular complexity index is 1690. The highest BCUT2D eigenvalue weighted by atomic mass is 16.6. The van der Waals surface area contributed by atoms with Crippen molar-refractivity contribution in [2.45, 2.75) is 69.6 Å². The lowest BCUT2D eigenvalue weighted by Crippen LogP contribution is -2.48. The summed E-state index contributed by atoms with van der Waals surface area (Å²) in [5.41, 5.74) is 6.51. The van der Waals surface area contributed by atoms with Gasteiger partial charge in [0.25, 0.3) is 0 Å². The first-order chi connectivity index (χ1) is 24.7. The number of carbonyl (C=O) groups excluding carboxylic acids is 4. The molecule has 0 bridgehead atoms. The smallest absolute Gasteiger partial charge is 0.407 e. The molecular weight excluding hydrogens is 646 g/mol. The van der Waals surface area contributed by atoms with Crippen LogP contribution in [0.4, 0.5) is 4.79 Å². The Morgan fingerprint density at radius 2 is 1.55 bits per heavy atom. The van der Waals surface area contributed by atoms with E-state index in [9.17, 15) is 24.3 Å². The molecule has 1 aliphatic heterocycles. The number of benzene rings is 3. The summed E-state index contributed by atoms with van der Waals surface area (Å²) in [6.07, 6.45) is 3.97. The van der Waals surface area contributed by atoms with Gasteiger partial charge in [0, 0.05) is 18.9 Å². The predicted molar refractivity (Wildman–Crippen MR) is 194 cm³/mol. The highest BCUT2D eigenvalue weighted by Crippen LogP contribution is 2.44. The Morgan fingerprint density at radius 1 is 0.902 bits per heavy atom. The number of allylic oxidation sites excluding steroid dienone is 2. The van der Waals surface area contributed by atoms with E-state index in [0.717, 1.165) is 33.4 Å². The third kappa shape index (κ3) is 9.12. The Kier molecular flexibility index (Phi) is 12.8. The van der Waals surface area contributed by atoms with Crippen molar-refractivity contribution in [2.24, 2.45) is 5.92 Å². The molecule has 1 heterocycles. The van der Waals surface area contributed by atoms with E-state index < -0.39 is 30.1 Å². The van der Waals surface area contributed by atoms with Gasteiger partial charge < -0.3 is 30.1 Å². The average molecular weight is 694 g/mol. The largest absolute Gasteiger partial charge is 0.462 e. The molecule has 3 aromatic rings. The molecule has 10 heteroatoms. The molecule has 268 valence electrons. The number of hydrogen-bond acceptors (Lipinski definition) is 7. The number of aliphatic hydroxyl groups excluding tert-OH is 1. The van der Waals surface area contributed by atoms with Crippen molar-refractivity contribution >= 4 is 23.9 Å². The van der Waals surface area contributed by atoms with E-state index in [1.54, 1.807) is 24.0 Å². The zero-order valence-electron chi connectivity index (χ0n) is 29.1. The molecular formula is C41H47N3O7. The molecule has 2 aliphatic rings. The summed E-state index contributed by atoms with van der Waals surface area (Å²) in [6, 6.07) is 22.0. The Labute approximate surface area is 299 Å². The monoisotopic (exact) mass is 693 g/mol. The SMILES string of the molecule is C=CCC[C@H](NC(=O)OCC1c2ccccc2-c2ccccc21)C(=O)OC[C@H](C)NC(=O)[C@H](CC=C)CC(=O)N1Cc2ccccc2C[C@H]1CO. The first-order valence-electron chi connectivity index (χ1n) is 17.5. The van der Waals surface area contributed by atoms with Gasteiger partial charge in [-0.2, -0.15) is 0 Å². The quantitative estimate of drug-likeness (QED) is 0.135. The minimum Gasteiger partial charge on any atom is -0.462 e. The summed E-state index contributed by atoms with van der Waals surface area (Å²) in [7, 11) is 0. The standard InChI is InChI=1S/C41H47N3O7/c1-4-6-20-37(43-41(49)51-26-36-34-18-11-9-16-32(34)33-17-10-12-19-35(33)36)40(48)50-25-27(3)42-39(47)29(13-5-2)22-38(46)44-23-30-15-8-7-14-28(30)21-31(44)24-45/h4-5,7-12,14-19,27,29,31,36-37,45H,1-2,6,13,20-26H2,3H3,(H,42,47)(H,43,49)/t27-,29+,31-,37-/m0/s1.